The summed E-state index contributed by atoms with van der Waals surface area (Å²) in [5.41, 5.74) is -0.959. The molecular formula is C12H9BF5O-. The van der Waals surface area contributed by atoms with Gasteiger partial charge in [-0.05, 0) is 16.8 Å². The molecule has 2 aromatic rings. The van der Waals surface area contributed by atoms with Gasteiger partial charge in [-0.3, -0.25) is 0 Å². The second-order valence-corrected chi connectivity index (χ2v) is 3.98. The van der Waals surface area contributed by atoms with Crippen LogP contribution in [-0.4, -0.2) is 20.0 Å². The molecule has 19 heavy (non-hydrogen) atoms. The van der Waals surface area contributed by atoms with Crippen LogP contribution >= 0.6 is 0 Å². The summed E-state index contributed by atoms with van der Waals surface area (Å²) in [4.78, 5) is 0. The summed E-state index contributed by atoms with van der Waals surface area (Å²) in [7, 11) is 0. The molecule has 0 spiro atoms. The van der Waals surface area contributed by atoms with E-state index in [1.807, 2.05) is 0 Å². The molecule has 7 heteroatoms. The molecule has 0 bridgehead atoms. The zero-order valence-electron chi connectivity index (χ0n) is 9.62. The fourth-order valence-electron chi connectivity index (χ4n) is 1.89. The van der Waals surface area contributed by atoms with Gasteiger partial charge in [0.25, 0.3) is 6.43 Å². The Morgan fingerprint density at radius 2 is 1.68 bits per heavy atom. The van der Waals surface area contributed by atoms with Gasteiger partial charge in [-0.15, -0.1) is 0 Å². The molecule has 0 atom stereocenters. The summed E-state index contributed by atoms with van der Waals surface area (Å²) < 4.78 is 68.0. The average Bonchev–Trinajstić information content (AvgIpc) is 2.34. The minimum atomic E-state index is -5.35. The van der Waals surface area contributed by atoms with Crippen molar-refractivity contribution in [3.8, 4) is 5.75 Å². The Morgan fingerprint density at radius 1 is 1.00 bits per heavy atom. The van der Waals surface area contributed by atoms with E-state index in [2.05, 4.69) is 4.74 Å². The minimum absolute atomic E-state index is 0.0400. The SMILES string of the molecule is FC(F)COc1ccc2ccccc2c1[B-](F)(F)F. The van der Waals surface area contributed by atoms with Crippen molar-refractivity contribution in [2.45, 2.75) is 6.43 Å². The summed E-state index contributed by atoms with van der Waals surface area (Å²) in [5, 5.41) is 0.350. The van der Waals surface area contributed by atoms with Crippen LogP contribution in [0.3, 0.4) is 0 Å². The van der Waals surface area contributed by atoms with Crippen LogP contribution in [0.5, 0.6) is 5.75 Å². The third kappa shape index (κ3) is 2.97. The highest BCUT2D eigenvalue weighted by molar-refractivity contribution is 6.76. The van der Waals surface area contributed by atoms with Crippen LogP contribution in [0.25, 0.3) is 10.8 Å². The third-order valence-corrected chi connectivity index (χ3v) is 2.62. The van der Waals surface area contributed by atoms with Gasteiger partial charge in [-0.2, -0.15) is 0 Å². The lowest BCUT2D eigenvalue weighted by Crippen LogP contribution is -2.36. The van der Waals surface area contributed by atoms with E-state index >= 15 is 0 Å². The molecule has 0 N–H and O–H groups in total. The number of hydrogen-bond acceptors (Lipinski definition) is 1. The second kappa shape index (κ2) is 5.07. The monoisotopic (exact) mass is 275 g/mol. The summed E-state index contributed by atoms with van der Waals surface area (Å²) in [6.07, 6.45) is -2.82. The predicted octanol–water partition coefficient (Wildman–Crippen LogP) is 3.54. The van der Waals surface area contributed by atoms with Crippen LogP contribution in [0, 0.1) is 0 Å². The molecule has 0 fully saturated rings. The highest BCUT2D eigenvalue weighted by atomic mass is 19.4. The van der Waals surface area contributed by atoms with Gasteiger partial charge in [0.15, 0.2) is 0 Å². The highest BCUT2D eigenvalue weighted by Gasteiger charge is 2.31. The van der Waals surface area contributed by atoms with Crippen molar-refractivity contribution in [3.63, 3.8) is 0 Å². The van der Waals surface area contributed by atoms with Crippen molar-refractivity contribution in [1.82, 2.24) is 0 Å². The molecule has 2 rings (SSSR count). The first-order valence-electron chi connectivity index (χ1n) is 5.52. The van der Waals surface area contributed by atoms with Gasteiger partial charge in [0, 0.05) is 0 Å². The van der Waals surface area contributed by atoms with Crippen molar-refractivity contribution >= 4 is 23.2 Å². The largest absolute Gasteiger partial charge is 0.513 e. The van der Waals surface area contributed by atoms with Gasteiger partial charge in [-0.1, -0.05) is 35.8 Å². The number of fused-ring (bicyclic) bond motifs is 1. The summed E-state index contributed by atoms with van der Waals surface area (Å²) in [5.74, 6) is -0.550. The van der Waals surface area contributed by atoms with Crippen LogP contribution in [0.15, 0.2) is 36.4 Å². The van der Waals surface area contributed by atoms with E-state index in [4.69, 9.17) is 0 Å². The fraction of sp³-hybridized carbons (Fsp3) is 0.167. The number of halogens is 5. The molecule has 0 amide bonds. The molecule has 0 aliphatic rings. The van der Waals surface area contributed by atoms with Gasteiger partial charge < -0.3 is 17.7 Å². The summed E-state index contributed by atoms with van der Waals surface area (Å²) in [6, 6.07) is 8.39. The molecule has 0 radical (unpaired) electrons. The molecule has 0 heterocycles. The Balaban J connectivity index is 2.57. The van der Waals surface area contributed by atoms with Crippen molar-refractivity contribution in [3.05, 3.63) is 36.4 Å². The Morgan fingerprint density at radius 3 is 2.32 bits per heavy atom. The normalized spacial score (nSPS) is 12.1. The smallest absolute Gasteiger partial charge is 0.491 e. The summed E-state index contributed by atoms with van der Waals surface area (Å²) in [6.45, 7) is -6.41. The van der Waals surface area contributed by atoms with E-state index in [-0.39, 0.29) is 5.39 Å². The van der Waals surface area contributed by atoms with Crippen molar-refractivity contribution in [2.75, 3.05) is 6.61 Å². The first kappa shape index (κ1) is 13.6. The van der Waals surface area contributed by atoms with Gasteiger partial charge >= 0.3 is 6.98 Å². The number of benzene rings is 2. The first-order valence-corrected chi connectivity index (χ1v) is 5.52. The van der Waals surface area contributed by atoms with E-state index in [1.54, 1.807) is 6.07 Å². The van der Waals surface area contributed by atoms with Gasteiger partial charge in [0.1, 0.15) is 6.61 Å². The zero-order valence-corrected chi connectivity index (χ0v) is 9.62. The minimum Gasteiger partial charge on any atom is -0.491 e. The topological polar surface area (TPSA) is 9.23 Å². The molecule has 0 aliphatic carbocycles. The van der Waals surface area contributed by atoms with Crippen LogP contribution in [0.1, 0.15) is 0 Å². The number of rotatable bonds is 4. The van der Waals surface area contributed by atoms with Crippen LogP contribution in [0.2, 0.25) is 0 Å². The van der Waals surface area contributed by atoms with E-state index in [0.29, 0.717) is 5.39 Å². The van der Waals surface area contributed by atoms with E-state index < -0.39 is 31.2 Å². The van der Waals surface area contributed by atoms with E-state index in [1.165, 1.54) is 24.3 Å². The molecular weight excluding hydrogens is 266 g/mol. The Bertz CT molecular complexity index is 582. The molecule has 2 aromatic carbocycles. The predicted molar refractivity (Wildman–Crippen MR) is 64.2 cm³/mol. The Labute approximate surface area is 106 Å². The maximum absolute atomic E-state index is 13.1. The number of ether oxygens (including phenoxy) is 1. The van der Waals surface area contributed by atoms with Crippen molar-refractivity contribution in [2.24, 2.45) is 0 Å². The lowest BCUT2D eigenvalue weighted by atomic mass is 9.76. The second-order valence-electron chi connectivity index (χ2n) is 3.98. The Hall–Kier alpha value is -1.79. The van der Waals surface area contributed by atoms with Crippen LogP contribution in [-0.2, 0) is 0 Å². The van der Waals surface area contributed by atoms with Crippen LogP contribution in [0.4, 0.5) is 21.7 Å². The average molecular weight is 275 g/mol. The standard InChI is InChI=1S/C12H9BF5O/c14-11(15)7-19-10-6-5-8-3-1-2-4-9(8)12(10)13(16,17)18/h1-6,11H,7H2/q-1. The molecule has 102 valence electrons. The number of hydrogen-bond donors (Lipinski definition) is 0. The first-order chi connectivity index (χ1) is 8.89. The zero-order chi connectivity index (χ0) is 14.0. The maximum atomic E-state index is 13.1. The van der Waals surface area contributed by atoms with Crippen LogP contribution < -0.4 is 10.2 Å². The molecule has 1 nitrogen and oxygen atoms in total. The molecule has 0 aromatic heterocycles. The van der Waals surface area contributed by atoms with Crippen molar-refractivity contribution < 1.29 is 26.5 Å². The maximum Gasteiger partial charge on any atom is 0.513 e. The third-order valence-electron chi connectivity index (χ3n) is 2.62. The van der Waals surface area contributed by atoms with Crippen molar-refractivity contribution in [1.29, 1.82) is 0 Å². The van der Waals surface area contributed by atoms with E-state index in [0.717, 1.165) is 6.07 Å². The quantitative estimate of drug-likeness (QED) is 0.612. The number of alkyl halides is 2. The highest BCUT2D eigenvalue weighted by Crippen LogP contribution is 2.25. The fourth-order valence-corrected chi connectivity index (χ4v) is 1.89. The molecule has 0 aliphatic heterocycles. The van der Waals surface area contributed by atoms with Gasteiger partial charge in [-0.25, -0.2) is 8.78 Å². The Kier molecular flexibility index (Phi) is 3.64. The summed E-state index contributed by atoms with van der Waals surface area (Å²) >= 11 is 0. The van der Waals surface area contributed by atoms with Gasteiger partial charge in [0.2, 0.25) is 0 Å². The van der Waals surface area contributed by atoms with E-state index in [9.17, 15) is 21.7 Å². The molecule has 0 saturated carbocycles. The lowest BCUT2D eigenvalue weighted by Gasteiger charge is -2.22. The lowest BCUT2D eigenvalue weighted by molar-refractivity contribution is 0.0823. The molecule has 0 saturated heterocycles. The van der Waals surface area contributed by atoms with Gasteiger partial charge in [0.05, 0.1) is 5.75 Å². The molecule has 0 unspecified atom stereocenters.